The van der Waals surface area contributed by atoms with Crippen LogP contribution in [-0.4, -0.2) is 16.8 Å². The summed E-state index contributed by atoms with van der Waals surface area (Å²) in [5.41, 5.74) is 8.25. The summed E-state index contributed by atoms with van der Waals surface area (Å²) >= 11 is 1.68. The van der Waals surface area contributed by atoms with E-state index < -0.39 is 5.91 Å². The molecule has 3 N–H and O–H groups in total. The second kappa shape index (κ2) is 9.00. The van der Waals surface area contributed by atoms with E-state index in [0.29, 0.717) is 16.8 Å². The summed E-state index contributed by atoms with van der Waals surface area (Å²) in [5.74, 6) is 0.155. The van der Waals surface area contributed by atoms with Crippen LogP contribution in [0.5, 0.6) is 0 Å². The molecular weight excluding hydrogens is 358 g/mol. The van der Waals surface area contributed by atoms with E-state index in [-0.39, 0.29) is 12.3 Å². The van der Waals surface area contributed by atoms with Gasteiger partial charge in [0.2, 0.25) is 5.91 Å². The Balaban J connectivity index is 1.63. The van der Waals surface area contributed by atoms with Crippen molar-refractivity contribution < 1.29 is 9.59 Å². The predicted octanol–water partition coefficient (Wildman–Crippen LogP) is 3.65. The minimum Gasteiger partial charge on any atom is -0.369 e. The molecule has 0 aliphatic rings. The Morgan fingerprint density at radius 3 is 2.48 bits per heavy atom. The number of thioether (sulfide) groups is 1. The molecule has 0 spiro atoms. The van der Waals surface area contributed by atoms with Crippen LogP contribution in [0.3, 0.4) is 0 Å². The van der Waals surface area contributed by atoms with Crippen LogP contribution in [0.1, 0.15) is 21.5 Å². The van der Waals surface area contributed by atoms with E-state index >= 15 is 0 Å². The van der Waals surface area contributed by atoms with Gasteiger partial charge < -0.3 is 11.1 Å². The van der Waals surface area contributed by atoms with E-state index in [9.17, 15) is 9.59 Å². The van der Waals surface area contributed by atoms with Crippen molar-refractivity contribution in [2.24, 2.45) is 5.73 Å². The molecule has 2 aromatic carbocycles. The summed E-state index contributed by atoms with van der Waals surface area (Å²) in [5, 5.41) is 2.85. The molecule has 0 aliphatic heterocycles. The molecule has 1 aromatic heterocycles. The maximum atomic E-state index is 12.5. The lowest BCUT2D eigenvalue weighted by atomic mass is 10.1. The van der Waals surface area contributed by atoms with Gasteiger partial charge in [-0.1, -0.05) is 24.3 Å². The molecule has 1 heterocycles. The van der Waals surface area contributed by atoms with Crippen molar-refractivity contribution in [2.45, 2.75) is 17.1 Å². The largest absolute Gasteiger partial charge is 0.369 e. The van der Waals surface area contributed by atoms with Crippen molar-refractivity contribution in [1.82, 2.24) is 4.98 Å². The zero-order chi connectivity index (χ0) is 19.1. The average Bonchev–Trinajstić information content (AvgIpc) is 2.69. The van der Waals surface area contributed by atoms with Gasteiger partial charge in [0, 0.05) is 34.3 Å². The fourth-order valence-electron chi connectivity index (χ4n) is 2.53. The Morgan fingerprint density at radius 2 is 1.78 bits per heavy atom. The molecule has 0 fully saturated rings. The van der Waals surface area contributed by atoms with Crippen LogP contribution in [0.2, 0.25) is 0 Å². The molecular formula is C21H19N3O2S. The van der Waals surface area contributed by atoms with Crippen molar-refractivity contribution in [1.29, 1.82) is 0 Å². The molecule has 0 aliphatic carbocycles. The zero-order valence-electron chi connectivity index (χ0n) is 14.6. The fourth-order valence-corrected chi connectivity index (χ4v) is 3.36. The van der Waals surface area contributed by atoms with Gasteiger partial charge >= 0.3 is 0 Å². The van der Waals surface area contributed by atoms with Crippen LogP contribution in [0.25, 0.3) is 0 Å². The number of hydrogen-bond donors (Lipinski definition) is 2. The number of anilines is 1. The van der Waals surface area contributed by atoms with Gasteiger partial charge in [-0.3, -0.25) is 14.6 Å². The first kappa shape index (κ1) is 18.7. The lowest BCUT2D eigenvalue weighted by Crippen LogP contribution is -2.17. The maximum Gasteiger partial charge on any atom is 0.255 e. The van der Waals surface area contributed by atoms with Crippen molar-refractivity contribution in [3.05, 3.63) is 89.7 Å². The van der Waals surface area contributed by atoms with Gasteiger partial charge in [-0.15, -0.1) is 11.8 Å². The summed E-state index contributed by atoms with van der Waals surface area (Å²) in [4.78, 5) is 28.9. The number of benzene rings is 2. The Bertz CT molecular complexity index is 928. The van der Waals surface area contributed by atoms with Crippen LogP contribution < -0.4 is 11.1 Å². The van der Waals surface area contributed by atoms with Gasteiger partial charge in [0.05, 0.1) is 6.42 Å². The number of carbonyl (C=O) groups excluding carboxylic acids is 2. The second-order valence-corrected chi connectivity index (χ2v) is 6.98. The summed E-state index contributed by atoms with van der Waals surface area (Å²) in [7, 11) is 0. The van der Waals surface area contributed by atoms with Crippen LogP contribution in [0.4, 0.5) is 5.69 Å². The molecule has 0 bridgehead atoms. The maximum absolute atomic E-state index is 12.5. The third-order valence-electron chi connectivity index (χ3n) is 3.88. The summed E-state index contributed by atoms with van der Waals surface area (Å²) in [6.07, 6.45) is 3.68. The highest BCUT2D eigenvalue weighted by Crippen LogP contribution is 2.23. The lowest BCUT2D eigenvalue weighted by molar-refractivity contribution is -0.117. The number of nitrogens with one attached hydrogen (secondary N) is 1. The molecule has 6 heteroatoms. The average molecular weight is 377 g/mol. The number of para-hydroxylation sites is 1. The number of nitrogens with two attached hydrogens (primary N) is 1. The van der Waals surface area contributed by atoms with Crippen LogP contribution in [-0.2, 0) is 17.0 Å². The Hall–Kier alpha value is -3.12. The van der Waals surface area contributed by atoms with Crippen LogP contribution in [0.15, 0.2) is 78.0 Å². The normalized spacial score (nSPS) is 10.4. The highest BCUT2D eigenvalue weighted by atomic mass is 32.2. The Kier molecular flexibility index (Phi) is 6.22. The highest BCUT2D eigenvalue weighted by Gasteiger charge is 2.10. The monoisotopic (exact) mass is 377 g/mol. The molecule has 3 rings (SSSR count). The topological polar surface area (TPSA) is 85.1 Å². The first-order chi connectivity index (χ1) is 13.1. The van der Waals surface area contributed by atoms with Gasteiger partial charge in [0.1, 0.15) is 0 Å². The molecule has 3 aromatic rings. The standard InChI is InChI=1S/C21H19N3O2S/c22-20(25)12-17-5-1-2-6-19(17)24-21(26)16-7-9-18(10-8-16)27-14-15-4-3-11-23-13-15/h1-11,13H,12,14H2,(H2,22,25)(H,24,26). The van der Waals surface area contributed by atoms with Gasteiger partial charge in [0.25, 0.3) is 5.91 Å². The smallest absolute Gasteiger partial charge is 0.255 e. The SMILES string of the molecule is NC(=O)Cc1ccccc1NC(=O)c1ccc(SCc2cccnc2)cc1. The number of carbonyl (C=O) groups is 2. The van der Waals surface area contributed by atoms with E-state index in [4.69, 9.17) is 5.73 Å². The third kappa shape index (κ3) is 5.43. The number of primary amides is 1. The van der Waals surface area contributed by atoms with Crippen molar-refractivity contribution >= 4 is 29.3 Å². The van der Waals surface area contributed by atoms with E-state index in [1.807, 2.05) is 36.5 Å². The van der Waals surface area contributed by atoms with E-state index in [1.54, 1.807) is 48.3 Å². The fraction of sp³-hybridized carbons (Fsp3) is 0.0952. The molecule has 0 atom stereocenters. The first-order valence-corrected chi connectivity index (χ1v) is 9.40. The van der Waals surface area contributed by atoms with Gasteiger partial charge in [-0.25, -0.2) is 0 Å². The lowest BCUT2D eigenvalue weighted by Gasteiger charge is -2.10. The highest BCUT2D eigenvalue weighted by molar-refractivity contribution is 7.98. The van der Waals surface area contributed by atoms with Crippen molar-refractivity contribution in [3.8, 4) is 0 Å². The predicted molar refractivity (Wildman–Crippen MR) is 108 cm³/mol. The van der Waals surface area contributed by atoms with E-state index in [2.05, 4.69) is 10.3 Å². The number of nitrogens with zero attached hydrogens (tertiary/aromatic N) is 1. The Morgan fingerprint density at radius 1 is 1.00 bits per heavy atom. The summed E-state index contributed by atoms with van der Waals surface area (Å²) in [6.45, 7) is 0. The molecule has 0 unspecified atom stereocenters. The molecule has 0 saturated heterocycles. The minimum absolute atomic E-state index is 0.0837. The first-order valence-electron chi connectivity index (χ1n) is 8.41. The van der Waals surface area contributed by atoms with Gasteiger partial charge in [-0.2, -0.15) is 0 Å². The zero-order valence-corrected chi connectivity index (χ0v) is 15.4. The van der Waals surface area contributed by atoms with Gasteiger partial charge in [-0.05, 0) is 47.5 Å². The summed E-state index contributed by atoms with van der Waals surface area (Å²) in [6, 6.07) is 18.5. The number of rotatable bonds is 7. The van der Waals surface area contributed by atoms with Gasteiger partial charge in [0.15, 0.2) is 0 Å². The minimum atomic E-state index is -0.438. The molecule has 136 valence electrons. The molecule has 0 radical (unpaired) electrons. The number of hydrogen-bond acceptors (Lipinski definition) is 4. The van der Waals surface area contributed by atoms with E-state index in [0.717, 1.165) is 16.2 Å². The number of amides is 2. The molecule has 0 saturated carbocycles. The molecule has 2 amide bonds. The molecule has 27 heavy (non-hydrogen) atoms. The van der Waals surface area contributed by atoms with Crippen LogP contribution >= 0.6 is 11.8 Å². The van der Waals surface area contributed by atoms with E-state index in [1.165, 1.54) is 0 Å². The molecule has 5 nitrogen and oxygen atoms in total. The quantitative estimate of drug-likeness (QED) is 0.616. The third-order valence-corrected chi connectivity index (χ3v) is 4.96. The summed E-state index contributed by atoms with van der Waals surface area (Å²) < 4.78 is 0. The van der Waals surface area contributed by atoms with Crippen molar-refractivity contribution in [2.75, 3.05) is 5.32 Å². The van der Waals surface area contributed by atoms with Crippen LogP contribution in [0, 0.1) is 0 Å². The Labute approximate surface area is 162 Å². The van der Waals surface area contributed by atoms with Crippen molar-refractivity contribution in [3.63, 3.8) is 0 Å². The number of aromatic nitrogens is 1. The number of pyridine rings is 1. The second-order valence-electron chi connectivity index (χ2n) is 5.93.